The highest BCUT2D eigenvalue weighted by Crippen LogP contribution is 2.27. The molecule has 1 saturated heterocycles. The third-order valence-electron chi connectivity index (χ3n) is 4.47. The zero-order chi connectivity index (χ0) is 16.4. The van der Waals surface area contributed by atoms with Gasteiger partial charge < -0.3 is 10.6 Å². The Labute approximate surface area is 168 Å². The number of nitrogens with zero attached hydrogens (tertiary/aromatic N) is 3. The highest BCUT2D eigenvalue weighted by atomic mass is 79.9. The van der Waals surface area contributed by atoms with Crippen molar-refractivity contribution in [3.05, 3.63) is 52.8 Å². The highest BCUT2D eigenvalue weighted by molar-refractivity contribution is 9.10. The third kappa shape index (κ3) is 4.76. The fourth-order valence-corrected chi connectivity index (χ4v) is 3.36. The molecular weight excluding hydrogens is 427 g/mol. The molecule has 2 unspecified atom stereocenters. The fourth-order valence-electron chi connectivity index (χ4n) is 3.10. The van der Waals surface area contributed by atoms with Gasteiger partial charge in [0.25, 0.3) is 0 Å². The summed E-state index contributed by atoms with van der Waals surface area (Å²) in [7, 11) is 0. The lowest BCUT2D eigenvalue weighted by Crippen LogP contribution is -2.53. The van der Waals surface area contributed by atoms with Crippen molar-refractivity contribution >= 4 is 46.7 Å². The number of nitrogens with two attached hydrogens (primary N) is 1. The van der Waals surface area contributed by atoms with E-state index in [1.54, 1.807) is 13.1 Å². The lowest BCUT2D eigenvalue weighted by Gasteiger charge is -2.37. The zero-order valence-electron chi connectivity index (χ0n) is 14.0. The molecule has 8 heteroatoms. The summed E-state index contributed by atoms with van der Waals surface area (Å²) in [6.45, 7) is 3.19. The van der Waals surface area contributed by atoms with Gasteiger partial charge in [-0.25, -0.2) is 0 Å². The molecule has 5 nitrogen and oxygen atoms in total. The van der Waals surface area contributed by atoms with E-state index in [0.29, 0.717) is 6.54 Å². The van der Waals surface area contributed by atoms with Crippen molar-refractivity contribution in [2.45, 2.75) is 31.3 Å². The van der Waals surface area contributed by atoms with Crippen LogP contribution in [0.3, 0.4) is 0 Å². The quantitative estimate of drug-likeness (QED) is 0.779. The van der Waals surface area contributed by atoms with E-state index >= 15 is 0 Å². The molecule has 2 heterocycles. The van der Waals surface area contributed by atoms with Crippen molar-refractivity contribution in [2.24, 2.45) is 5.73 Å². The first-order chi connectivity index (χ1) is 11.0. The summed E-state index contributed by atoms with van der Waals surface area (Å²) in [5.74, 6) is -0.0309. The zero-order valence-corrected chi connectivity index (χ0v) is 17.2. The first-order valence-corrected chi connectivity index (χ1v) is 8.61. The SMILES string of the molecule is CC(N)(C(=O)N1CCCC(n2cccn2)C1)c1ccc(Br)cc1.Cl.Cl. The summed E-state index contributed by atoms with van der Waals surface area (Å²) in [5.41, 5.74) is 6.20. The van der Waals surface area contributed by atoms with Gasteiger partial charge in [-0.1, -0.05) is 28.1 Å². The minimum Gasteiger partial charge on any atom is -0.339 e. The number of hydrogen-bond acceptors (Lipinski definition) is 3. The van der Waals surface area contributed by atoms with E-state index in [2.05, 4.69) is 21.0 Å². The van der Waals surface area contributed by atoms with Gasteiger partial charge in [-0.05, 0) is 43.5 Å². The topological polar surface area (TPSA) is 64.2 Å². The monoisotopic (exact) mass is 448 g/mol. The van der Waals surface area contributed by atoms with Gasteiger partial charge in [0.15, 0.2) is 0 Å². The Balaban J connectivity index is 0.00000156. The van der Waals surface area contributed by atoms with Crippen LogP contribution in [0, 0.1) is 0 Å². The van der Waals surface area contributed by atoms with Crippen LogP contribution in [0.4, 0.5) is 0 Å². The Morgan fingerprint density at radius 2 is 2.00 bits per heavy atom. The molecule has 2 N–H and O–H groups in total. The maximum Gasteiger partial charge on any atom is 0.247 e. The molecule has 0 spiro atoms. The van der Waals surface area contributed by atoms with Gasteiger partial charge in [0.05, 0.1) is 6.04 Å². The average molecular weight is 450 g/mol. The Hall–Kier alpha value is -1.08. The smallest absolute Gasteiger partial charge is 0.247 e. The molecule has 0 radical (unpaired) electrons. The summed E-state index contributed by atoms with van der Waals surface area (Å²) < 4.78 is 2.91. The van der Waals surface area contributed by atoms with Crippen molar-refractivity contribution < 1.29 is 4.79 Å². The van der Waals surface area contributed by atoms with Gasteiger partial charge in [0, 0.05) is 30.0 Å². The predicted molar refractivity (Wildman–Crippen MR) is 107 cm³/mol. The number of carbonyl (C=O) groups excluding carboxylic acids is 1. The standard InChI is InChI=1S/C17H21BrN4O.2ClH/c1-17(19,13-5-7-14(18)8-6-13)16(23)21-10-2-4-15(12-21)22-11-3-9-20-22;;/h3,5-9,11,15H,2,4,10,12,19H2,1H3;2*1H. The third-order valence-corrected chi connectivity index (χ3v) is 5.00. The molecule has 25 heavy (non-hydrogen) atoms. The second kappa shape index (κ2) is 9.03. The van der Waals surface area contributed by atoms with E-state index in [4.69, 9.17) is 5.73 Å². The molecule has 0 bridgehead atoms. The largest absolute Gasteiger partial charge is 0.339 e. The number of rotatable bonds is 3. The van der Waals surface area contributed by atoms with E-state index in [0.717, 1.165) is 29.4 Å². The number of halogens is 3. The highest BCUT2D eigenvalue weighted by Gasteiger charge is 2.36. The van der Waals surface area contributed by atoms with E-state index in [-0.39, 0.29) is 36.8 Å². The molecule has 0 saturated carbocycles. The van der Waals surface area contributed by atoms with E-state index in [9.17, 15) is 4.79 Å². The average Bonchev–Trinajstić information content (AvgIpc) is 3.09. The molecular formula is C17H23BrCl2N4O. The molecule has 1 aliphatic rings. The lowest BCUT2D eigenvalue weighted by atomic mass is 9.90. The normalized spacial score (nSPS) is 19.3. The summed E-state index contributed by atoms with van der Waals surface area (Å²) in [6.07, 6.45) is 5.72. The molecule has 2 atom stereocenters. The minimum absolute atomic E-state index is 0. The number of benzene rings is 1. The Morgan fingerprint density at radius 1 is 1.32 bits per heavy atom. The summed E-state index contributed by atoms with van der Waals surface area (Å²) in [4.78, 5) is 14.9. The molecule has 1 fully saturated rings. The Bertz CT molecular complexity index is 676. The second-order valence-electron chi connectivity index (χ2n) is 6.24. The van der Waals surface area contributed by atoms with Gasteiger partial charge >= 0.3 is 0 Å². The number of likely N-dealkylation sites (tertiary alicyclic amines) is 1. The summed E-state index contributed by atoms with van der Waals surface area (Å²) >= 11 is 3.41. The van der Waals surface area contributed by atoms with Crippen molar-refractivity contribution in [3.8, 4) is 0 Å². The molecule has 1 aromatic heterocycles. The van der Waals surface area contributed by atoms with Crippen LogP contribution in [0.2, 0.25) is 0 Å². The molecule has 1 aromatic carbocycles. The molecule has 1 amide bonds. The van der Waals surface area contributed by atoms with Crippen LogP contribution in [0.1, 0.15) is 31.4 Å². The Morgan fingerprint density at radius 3 is 2.60 bits per heavy atom. The number of amides is 1. The van der Waals surface area contributed by atoms with Gasteiger partial charge in [0.2, 0.25) is 5.91 Å². The molecule has 2 aromatic rings. The minimum atomic E-state index is -1.02. The first kappa shape index (κ1) is 22.0. The van der Waals surface area contributed by atoms with Crippen LogP contribution in [-0.2, 0) is 10.3 Å². The van der Waals surface area contributed by atoms with Gasteiger partial charge in [0.1, 0.15) is 5.54 Å². The number of aromatic nitrogens is 2. The molecule has 3 rings (SSSR count). The van der Waals surface area contributed by atoms with Crippen LogP contribution in [0.15, 0.2) is 47.2 Å². The van der Waals surface area contributed by atoms with Crippen LogP contribution in [0.25, 0.3) is 0 Å². The van der Waals surface area contributed by atoms with Crippen LogP contribution in [0.5, 0.6) is 0 Å². The van der Waals surface area contributed by atoms with E-state index < -0.39 is 5.54 Å². The first-order valence-electron chi connectivity index (χ1n) is 7.82. The van der Waals surface area contributed by atoms with Gasteiger partial charge in [-0.2, -0.15) is 5.10 Å². The van der Waals surface area contributed by atoms with Gasteiger partial charge in [-0.15, -0.1) is 24.8 Å². The van der Waals surface area contributed by atoms with Crippen LogP contribution in [-0.4, -0.2) is 33.7 Å². The molecule has 1 aliphatic heterocycles. The number of carbonyl (C=O) groups is 1. The molecule has 138 valence electrons. The summed E-state index contributed by atoms with van der Waals surface area (Å²) in [5, 5.41) is 4.31. The van der Waals surface area contributed by atoms with Crippen LogP contribution >= 0.6 is 40.7 Å². The maximum atomic E-state index is 13.0. The second-order valence-corrected chi connectivity index (χ2v) is 7.16. The van der Waals surface area contributed by atoms with Crippen LogP contribution < -0.4 is 5.73 Å². The van der Waals surface area contributed by atoms with Gasteiger partial charge in [-0.3, -0.25) is 9.48 Å². The Kier molecular flexibility index (Phi) is 7.93. The predicted octanol–water partition coefficient (Wildman–Crippen LogP) is 3.53. The summed E-state index contributed by atoms with van der Waals surface area (Å²) in [6, 6.07) is 9.76. The van der Waals surface area contributed by atoms with Crippen molar-refractivity contribution in [1.82, 2.24) is 14.7 Å². The van der Waals surface area contributed by atoms with E-state index in [1.165, 1.54) is 0 Å². The van der Waals surface area contributed by atoms with Crippen molar-refractivity contribution in [2.75, 3.05) is 13.1 Å². The maximum absolute atomic E-state index is 13.0. The van der Waals surface area contributed by atoms with E-state index in [1.807, 2.05) is 46.1 Å². The number of piperidine rings is 1. The fraction of sp³-hybridized carbons (Fsp3) is 0.412. The number of hydrogen-bond donors (Lipinski definition) is 1. The van der Waals surface area contributed by atoms with Crippen molar-refractivity contribution in [1.29, 1.82) is 0 Å². The lowest BCUT2D eigenvalue weighted by molar-refractivity contribution is -0.138. The molecule has 0 aliphatic carbocycles. The van der Waals surface area contributed by atoms with Crippen molar-refractivity contribution in [3.63, 3.8) is 0 Å².